The van der Waals surface area contributed by atoms with Crippen LogP contribution in [0.2, 0.25) is 0 Å². The molecular weight excluding hydrogens is 160 g/mol. The average Bonchev–Trinajstić information content (AvgIpc) is 2.00. The maximum Gasteiger partial charge on any atom is 0.243 e. The molecule has 0 atom stereocenters. The fraction of sp³-hybridized carbons (Fsp3) is 0.571. The highest BCUT2D eigenvalue weighted by Gasteiger charge is 2.30. The van der Waals surface area contributed by atoms with Crippen molar-refractivity contribution in [3.8, 4) is 0 Å². The van der Waals surface area contributed by atoms with E-state index in [1.165, 1.54) is 13.8 Å². The van der Waals surface area contributed by atoms with Crippen molar-refractivity contribution in [2.24, 2.45) is 0 Å². The van der Waals surface area contributed by atoms with Crippen LogP contribution in [0.5, 0.6) is 0 Å². The number of hydrogen-bond acceptors (Lipinski definition) is 3. The topological polar surface area (TPSA) is 72.2 Å². The summed E-state index contributed by atoms with van der Waals surface area (Å²) in [6, 6.07) is 0. The van der Waals surface area contributed by atoms with Crippen LogP contribution in [0.4, 0.5) is 0 Å². The summed E-state index contributed by atoms with van der Waals surface area (Å²) in [5.41, 5.74) is -1.13. The van der Waals surface area contributed by atoms with E-state index in [0.29, 0.717) is 0 Å². The summed E-state index contributed by atoms with van der Waals surface area (Å²) in [5, 5.41) is 12.7. The van der Waals surface area contributed by atoms with E-state index < -0.39 is 16.4 Å². The van der Waals surface area contributed by atoms with E-state index in [-0.39, 0.29) is 6.54 Å². The van der Waals surface area contributed by atoms with E-state index in [2.05, 4.69) is 11.9 Å². The Balaban J connectivity index is 4.00. The number of carbonyl (C=O) groups is 1. The Morgan fingerprint density at radius 2 is 2.25 bits per heavy atom. The molecule has 0 aliphatic heterocycles. The fourth-order valence-corrected chi connectivity index (χ4v) is 0.440. The van der Waals surface area contributed by atoms with E-state index in [9.17, 15) is 14.9 Å². The molecule has 0 fully saturated rings. The van der Waals surface area contributed by atoms with Crippen LogP contribution < -0.4 is 5.32 Å². The Bertz CT molecular complexity index is 211. The van der Waals surface area contributed by atoms with Crippen molar-refractivity contribution >= 4 is 5.91 Å². The maximum absolute atomic E-state index is 10.6. The minimum Gasteiger partial charge on any atom is -0.345 e. The van der Waals surface area contributed by atoms with Gasteiger partial charge in [-0.15, -0.1) is 0 Å². The van der Waals surface area contributed by atoms with Gasteiger partial charge in [0.2, 0.25) is 11.4 Å². The highest BCUT2D eigenvalue weighted by Crippen LogP contribution is 2.04. The van der Waals surface area contributed by atoms with E-state index in [1.807, 2.05) is 0 Å². The number of nitrogens with zero attached hydrogens (tertiary/aromatic N) is 1. The average molecular weight is 172 g/mol. The zero-order valence-corrected chi connectivity index (χ0v) is 7.16. The molecule has 0 unspecified atom stereocenters. The summed E-state index contributed by atoms with van der Waals surface area (Å²) < 4.78 is 0. The SMILES string of the molecule is C=CC(=O)NCC(C)(C)[N+](=O)[O-]. The first-order valence-electron chi connectivity index (χ1n) is 3.45. The van der Waals surface area contributed by atoms with Crippen LogP contribution in [-0.4, -0.2) is 22.9 Å². The first-order valence-corrected chi connectivity index (χ1v) is 3.45. The molecule has 0 rings (SSSR count). The van der Waals surface area contributed by atoms with Crippen molar-refractivity contribution in [1.29, 1.82) is 0 Å². The second-order valence-corrected chi connectivity index (χ2v) is 2.99. The second kappa shape index (κ2) is 3.85. The van der Waals surface area contributed by atoms with Crippen LogP contribution in [0.1, 0.15) is 13.8 Å². The highest BCUT2D eigenvalue weighted by atomic mass is 16.6. The number of carbonyl (C=O) groups excluding carboxylic acids is 1. The van der Waals surface area contributed by atoms with Gasteiger partial charge < -0.3 is 5.32 Å². The Kier molecular flexibility index (Phi) is 3.40. The lowest BCUT2D eigenvalue weighted by atomic mass is 10.1. The molecule has 0 aromatic heterocycles. The van der Waals surface area contributed by atoms with Crippen molar-refractivity contribution in [2.45, 2.75) is 19.4 Å². The van der Waals surface area contributed by atoms with Gasteiger partial charge >= 0.3 is 0 Å². The Morgan fingerprint density at radius 3 is 2.58 bits per heavy atom. The fourth-order valence-electron chi connectivity index (χ4n) is 0.440. The maximum atomic E-state index is 10.6. The van der Waals surface area contributed by atoms with Gasteiger partial charge in [-0.25, -0.2) is 0 Å². The molecule has 0 radical (unpaired) electrons. The molecule has 0 spiro atoms. The third kappa shape index (κ3) is 3.14. The summed E-state index contributed by atoms with van der Waals surface area (Å²) in [6.07, 6.45) is 1.08. The van der Waals surface area contributed by atoms with Crippen LogP contribution in [0, 0.1) is 10.1 Å². The molecule has 0 heterocycles. The molecule has 5 nitrogen and oxygen atoms in total. The highest BCUT2D eigenvalue weighted by molar-refractivity contribution is 5.86. The normalized spacial score (nSPS) is 10.5. The summed E-state index contributed by atoms with van der Waals surface area (Å²) >= 11 is 0. The van der Waals surface area contributed by atoms with Crippen molar-refractivity contribution < 1.29 is 9.72 Å². The Morgan fingerprint density at radius 1 is 1.75 bits per heavy atom. The van der Waals surface area contributed by atoms with E-state index in [0.717, 1.165) is 6.08 Å². The molecule has 0 aromatic carbocycles. The van der Waals surface area contributed by atoms with Crippen molar-refractivity contribution in [3.05, 3.63) is 22.8 Å². The van der Waals surface area contributed by atoms with Crippen molar-refractivity contribution in [2.75, 3.05) is 6.54 Å². The van der Waals surface area contributed by atoms with Gasteiger partial charge in [0.05, 0.1) is 6.54 Å². The quantitative estimate of drug-likeness (QED) is 0.377. The molecule has 0 bridgehead atoms. The van der Waals surface area contributed by atoms with Crippen LogP contribution in [0.15, 0.2) is 12.7 Å². The monoisotopic (exact) mass is 172 g/mol. The minimum absolute atomic E-state index is 0.00481. The van der Waals surface area contributed by atoms with Gasteiger partial charge in [-0.1, -0.05) is 6.58 Å². The summed E-state index contributed by atoms with van der Waals surface area (Å²) in [6.45, 7) is 6.11. The lowest BCUT2D eigenvalue weighted by molar-refractivity contribution is -0.557. The number of rotatable bonds is 4. The zero-order valence-electron chi connectivity index (χ0n) is 7.16. The molecule has 0 saturated heterocycles. The molecule has 0 aliphatic carbocycles. The van der Waals surface area contributed by atoms with Gasteiger partial charge in [0.15, 0.2) is 0 Å². The van der Waals surface area contributed by atoms with Crippen LogP contribution in [0.3, 0.4) is 0 Å². The smallest absolute Gasteiger partial charge is 0.243 e. The minimum atomic E-state index is -1.13. The van der Waals surface area contributed by atoms with E-state index in [1.54, 1.807) is 0 Å². The Hall–Kier alpha value is -1.39. The second-order valence-electron chi connectivity index (χ2n) is 2.99. The van der Waals surface area contributed by atoms with Gasteiger partial charge in [-0.2, -0.15) is 0 Å². The molecule has 5 heteroatoms. The molecule has 1 N–H and O–H groups in total. The van der Waals surface area contributed by atoms with E-state index >= 15 is 0 Å². The third-order valence-corrected chi connectivity index (χ3v) is 1.37. The Labute approximate surface area is 70.6 Å². The molecule has 0 aliphatic rings. The lowest BCUT2D eigenvalue weighted by Crippen LogP contribution is -2.43. The predicted molar refractivity (Wildman–Crippen MR) is 44.3 cm³/mol. The summed E-state index contributed by atoms with van der Waals surface area (Å²) in [7, 11) is 0. The van der Waals surface area contributed by atoms with Gasteiger partial charge in [0.1, 0.15) is 0 Å². The van der Waals surface area contributed by atoms with Crippen molar-refractivity contribution in [1.82, 2.24) is 5.32 Å². The largest absolute Gasteiger partial charge is 0.345 e. The number of nitrogens with one attached hydrogen (secondary N) is 1. The molecule has 68 valence electrons. The van der Waals surface area contributed by atoms with Crippen molar-refractivity contribution in [3.63, 3.8) is 0 Å². The molecular formula is C7H12N2O3. The first-order chi connectivity index (χ1) is 5.40. The first kappa shape index (κ1) is 10.6. The molecule has 0 aromatic rings. The van der Waals surface area contributed by atoms with Crippen LogP contribution in [-0.2, 0) is 4.79 Å². The zero-order chi connectivity index (χ0) is 9.78. The van der Waals surface area contributed by atoms with Crippen LogP contribution in [0.25, 0.3) is 0 Å². The number of amides is 1. The number of hydrogen-bond donors (Lipinski definition) is 1. The molecule has 1 amide bonds. The molecule has 0 saturated carbocycles. The predicted octanol–water partition coefficient (Wildman–Crippen LogP) is 0.344. The van der Waals surface area contributed by atoms with Gasteiger partial charge in [-0.3, -0.25) is 14.9 Å². The number of nitro groups is 1. The molecule has 12 heavy (non-hydrogen) atoms. The summed E-state index contributed by atoms with van der Waals surface area (Å²) in [5.74, 6) is -0.398. The van der Waals surface area contributed by atoms with Crippen LogP contribution >= 0.6 is 0 Å². The standard InChI is InChI=1S/C7H12N2O3/c1-4-6(10)8-5-7(2,3)9(11)12/h4H,1,5H2,2-3H3,(H,8,10). The van der Waals surface area contributed by atoms with Gasteiger partial charge in [-0.05, 0) is 6.08 Å². The van der Waals surface area contributed by atoms with Gasteiger partial charge in [0.25, 0.3) is 0 Å². The van der Waals surface area contributed by atoms with E-state index in [4.69, 9.17) is 0 Å². The summed E-state index contributed by atoms with van der Waals surface area (Å²) in [4.78, 5) is 20.5. The third-order valence-electron chi connectivity index (χ3n) is 1.37. The lowest BCUT2D eigenvalue weighted by Gasteiger charge is -2.14. The van der Waals surface area contributed by atoms with Gasteiger partial charge in [0, 0.05) is 18.8 Å².